The van der Waals surface area contributed by atoms with Crippen molar-refractivity contribution in [2.24, 2.45) is 0 Å². The summed E-state index contributed by atoms with van der Waals surface area (Å²) in [6, 6.07) is 4.25. The second-order valence-corrected chi connectivity index (χ2v) is 4.83. The van der Waals surface area contributed by atoms with E-state index in [0.29, 0.717) is 0 Å². The zero-order chi connectivity index (χ0) is 12.1. The molecule has 0 aliphatic carbocycles. The molecule has 0 aliphatic heterocycles. The van der Waals surface area contributed by atoms with E-state index < -0.39 is 0 Å². The summed E-state index contributed by atoms with van der Waals surface area (Å²) in [6.45, 7) is 1.03. The van der Waals surface area contributed by atoms with E-state index in [2.05, 4.69) is 26.3 Å². The van der Waals surface area contributed by atoms with E-state index >= 15 is 0 Å². The minimum Gasteiger partial charge on any atom is -0.395 e. The lowest BCUT2D eigenvalue weighted by Gasteiger charge is -2.14. The molecule has 2 heterocycles. The van der Waals surface area contributed by atoms with Crippen LogP contribution in [0, 0.1) is 0 Å². The van der Waals surface area contributed by atoms with Crippen molar-refractivity contribution < 1.29 is 5.11 Å². The fourth-order valence-electron chi connectivity index (χ4n) is 1.74. The lowest BCUT2D eigenvalue weighted by molar-refractivity contribution is 0.238. The molecule has 0 saturated heterocycles. The zero-order valence-corrected chi connectivity index (χ0v) is 10.7. The lowest BCUT2D eigenvalue weighted by Crippen LogP contribution is -2.30. The van der Waals surface area contributed by atoms with Gasteiger partial charge < -0.3 is 15.0 Å². The second-order valence-electron chi connectivity index (χ2n) is 3.88. The molecule has 0 fully saturated rings. The summed E-state index contributed by atoms with van der Waals surface area (Å²) < 4.78 is 2.13. The summed E-state index contributed by atoms with van der Waals surface area (Å²) >= 11 is 1.69. The Morgan fingerprint density at radius 1 is 1.59 bits per heavy atom. The van der Waals surface area contributed by atoms with Crippen molar-refractivity contribution in [2.75, 3.05) is 13.7 Å². The van der Waals surface area contributed by atoms with E-state index in [-0.39, 0.29) is 12.6 Å². The van der Waals surface area contributed by atoms with Gasteiger partial charge in [0, 0.05) is 25.0 Å². The van der Waals surface area contributed by atoms with Crippen LogP contribution in [-0.4, -0.2) is 34.4 Å². The number of rotatable bonds is 6. The van der Waals surface area contributed by atoms with Crippen molar-refractivity contribution in [3.05, 3.63) is 29.9 Å². The SMILES string of the molecule is CNC(CO)CCn1ccnc1-c1cccs1. The number of hydrogen-bond donors (Lipinski definition) is 2. The maximum absolute atomic E-state index is 9.12. The quantitative estimate of drug-likeness (QED) is 0.819. The molecule has 2 aromatic rings. The third kappa shape index (κ3) is 2.94. The Labute approximate surface area is 105 Å². The normalized spacial score (nSPS) is 12.8. The van der Waals surface area contributed by atoms with Crippen molar-refractivity contribution in [3.8, 4) is 10.7 Å². The van der Waals surface area contributed by atoms with Gasteiger partial charge in [0.25, 0.3) is 0 Å². The van der Waals surface area contributed by atoms with Gasteiger partial charge in [0.15, 0.2) is 0 Å². The molecule has 5 heteroatoms. The van der Waals surface area contributed by atoms with Gasteiger partial charge in [0.1, 0.15) is 5.82 Å². The molecule has 0 aliphatic rings. The van der Waals surface area contributed by atoms with Crippen LogP contribution in [0.2, 0.25) is 0 Å². The first-order chi connectivity index (χ1) is 8.35. The van der Waals surface area contributed by atoms with Crippen LogP contribution < -0.4 is 5.32 Å². The van der Waals surface area contributed by atoms with E-state index in [1.807, 2.05) is 25.5 Å². The highest BCUT2D eigenvalue weighted by Crippen LogP contribution is 2.23. The van der Waals surface area contributed by atoms with Crippen LogP contribution in [0.4, 0.5) is 0 Å². The molecule has 0 saturated carbocycles. The molecule has 2 N–H and O–H groups in total. The number of nitrogens with one attached hydrogen (secondary N) is 1. The lowest BCUT2D eigenvalue weighted by atomic mass is 10.2. The third-order valence-electron chi connectivity index (χ3n) is 2.80. The summed E-state index contributed by atoms with van der Waals surface area (Å²) in [4.78, 5) is 5.56. The van der Waals surface area contributed by atoms with Crippen LogP contribution in [0.5, 0.6) is 0 Å². The molecule has 0 radical (unpaired) electrons. The Bertz CT molecular complexity index is 434. The van der Waals surface area contributed by atoms with Gasteiger partial charge >= 0.3 is 0 Å². The minimum atomic E-state index is 0.147. The van der Waals surface area contributed by atoms with Gasteiger partial charge in [-0.1, -0.05) is 6.07 Å². The number of thiophene rings is 1. The number of imidazole rings is 1. The fraction of sp³-hybridized carbons (Fsp3) is 0.417. The molecule has 0 aromatic carbocycles. The summed E-state index contributed by atoms with van der Waals surface area (Å²) in [5, 5.41) is 14.3. The Morgan fingerprint density at radius 2 is 2.47 bits per heavy atom. The van der Waals surface area contributed by atoms with Gasteiger partial charge in [-0.2, -0.15) is 0 Å². The fourth-order valence-corrected chi connectivity index (χ4v) is 2.48. The molecule has 4 nitrogen and oxygen atoms in total. The molecule has 0 amide bonds. The molecule has 2 aromatic heterocycles. The predicted octanol–water partition coefficient (Wildman–Crippen LogP) is 1.58. The van der Waals surface area contributed by atoms with Crippen LogP contribution in [0.15, 0.2) is 29.9 Å². The van der Waals surface area contributed by atoms with Crippen molar-refractivity contribution >= 4 is 11.3 Å². The summed E-state index contributed by atoms with van der Waals surface area (Å²) in [7, 11) is 1.87. The average molecular weight is 251 g/mol. The largest absolute Gasteiger partial charge is 0.395 e. The monoisotopic (exact) mass is 251 g/mol. The Kier molecular flexibility index (Phi) is 4.30. The predicted molar refractivity (Wildman–Crippen MR) is 70.1 cm³/mol. The standard InChI is InChI=1S/C12H17N3OS/c1-13-10(9-16)4-6-15-7-5-14-12(15)11-3-2-8-17-11/h2-3,5,7-8,10,13,16H,4,6,9H2,1H3. The van der Waals surface area contributed by atoms with Gasteiger partial charge in [-0.3, -0.25) is 0 Å². The summed E-state index contributed by atoms with van der Waals surface area (Å²) in [6.07, 6.45) is 4.70. The van der Waals surface area contributed by atoms with Gasteiger partial charge in [-0.25, -0.2) is 4.98 Å². The number of nitrogens with zero attached hydrogens (tertiary/aromatic N) is 2. The molecule has 1 unspecified atom stereocenters. The molecule has 1 atom stereocenters. The van der Waals surface area contributed by atoms with Crippen molar-refractivity contribution in [1.29, 1.82) is 0 Å². The number of aryl methyl sites for hydroxylation is 1. The van der Waals surface area contributed by atoms with Gasteiger partial charge in [0.05, 0.1) is 11.5 Å². The number of aliphatic hydroxyl groups is 1. The molecule has 0 spiro atoms. The molecule has 17 heavy (non-hydrogen) atoms. The summed E-state index contributed by atoms with van der Waals surface area (Å²) in [5.74, 6) is 1.01. The van der Waals surface area contributed by atoms with Gasteiger partial charge in [-0.05, 0) is 24.9 Å². The van der Waals surface area contributed by atoms with E-state index in [9.17, 15) is 0 Å². The average Bonchev–Trinajstić information content (AvgIpc) is 3.00. The topological polar surface area (TPSA) is 50.1 Å². The highest BCUT2D eigenvalue weighted by atomic mass is 32.1. The Balaban J connectivity index is 2.05. The van der Waals surface area contributed by atoms with Crippen molar-refractivity contribution in [3.63, 3.8) is 0 Å². The van der Waals surface area contributed by atoms with E-state index in [1.54, 1.807) is 11.3 Å². The molecular formula is C12H17N3OS. The first kappa shape index (κ1) is 12.3. The molecule has 2 rings (SSSR count). The highest BCUT2D eigenvalue weighted by molar-refractivity contribution is 7.13. The molecule has 0 bridgehead atoms. The number of aliphatic hydroxyl groups excluding tert-OH is 1. The third-order valence-corrected chi connectivity index (χ3v) is 3.67. The van der Waals surface area contributed by atoms with Crippen LogP contribution in [-0.2, 0) is 6.54 Å². The van der Waals surface area contributed by atoms with E-state index in [4.69, 9.17) is 5.11 Å². The van der Waals surface area contributed by atoms with Crippen LogP contribution in [0.1, 0.15) is 6.42 Å². The van der Waals surface area contributed by atoms with Crippen LogP contribution >= 0.6 is 11.3 Å². The molecular weight excluding hydrogens is 234 g/mol. The van der Waals surface area contributed by atoms with Crippen LogP contribution in [0.25, 0.3) is 10.7 Å². The molecule has 92 valence electrons. The highest BCUT2D eigenvalue weighted by Gasteiger charge is 2.09. The minimum absolute atomic E-state index is 0.147. The van der Waals surface area contributed by atoms with E-state index in [0.717, 1.165) is 18.8 Å². The first-order valence-corrected chi connectivity index (χ1v) is 6.56. The number of hydrogen-bond acceptors (Lipinski definition) is 4. The number of likely N-dealkylation sites (N-methyl/N-ethyl adjacent to an activating group) is 1. The summed E-state index contributed by atoms with van der Waals surface area (Å²) in [5.41, 5.74) is 0. The van der Waals surface area contributed by atoms with Crippen molar-refractivity contribution in [1.82, 2.24) is 14.9 Å². The smallest absolute Gasteiger partial charge is 0.149 e. The Hall–Kier alpha value is -1.17. The van der Waals surface area contributed by atoms with Crippen molar-refractivity contribution in [2.45, 2.75) is 19.0 Å². The van der Waals surface area contributed by atoms with Gasteiger partial charge in [0.2, 0.25) is 0 Å². The van der Waals surface area contributed by atoms with E-state index in [1.165, 1.54) is 4.88 Å². The zero-order valence-electron chi connectivity index (χ0n) is 9.84. The van der Waals surface area contributed by atoms with Gasteiger partial charge in [-0.15, -0.1) is 11.3 Å². The second kappa shape index (κ2) is 5.95. The first-order valence-electron chi connectivity index (χ1n) is 5.68. The maximum atomic E-state index is 9.12. The maximum Gasteiger partial charge on any atom is 0.149 e. The van der Waals surface area contributed by atoms with Crippen LogP contribution in [0.3, 0.4) is 0 Å². The Morgan fingerprint density at radius 3 is 3.12 bits per heavy atom. The number of aromatic nitrogens is 2.